The number of hydrogen-bond donors (Lipinski definition) is 2. The molecule has 0 aliphatic heterocycles. The van der Waals surface area contributed by atoms with Crippen molar-refractivity contribution in [2.24, 2.45) is 0 Å². The fourth-order valence-electron chi connectivity index (χ4n) is 2.41. The van der Waals surface area contributed by atoms with Crippen LogP contribution in [0.4, 0.5) is 10.5 Å². The Labute approximate surface area is 164 Å². The molecule has 0 atom stereocenters. The third-order valence-corrected chi connectivity index (χ3v) is 3.93. The molecule has 6 heteroatoms. The lowest BCUT2D eigenvalue weighted by Gasteiger charge is -2.10. The molecular formula is C20H35ClN2O3. The average Bonchev–Trinajstić information content (AvgIpc) is 2.57. The summed E-state index contributed by atoms with van der Waals surface area (Å²) < 4.78 is 10.9. The Balaban J connectivity index is 0.00000625. The van der Waals surface area contributed by atoms with E-state index < -0.39 is 6.09 Å². The molecule has 1 aromatic carbocycles. The quantitative estimate of drug-likeness (QED) is 0.486. The van der Waals surface area contributed by atoms with Gasteiger partial charge in [0.2, 0.25) is 0 Å². The fourth-order valence-corrected chi connectivity index (χ4v) is 2.41. The van der Waals surface area contributed by atoms with Crippen molar-refractivity contribution in [2.45, 2.75) is 51.9 Å². The largest absolute Gasteiger partial charge is 1.00 e. The molecule has 0 aromatic heterocycles. The first kappa shape index (κ1) is 24.5. The Morgan fingerprint density at radius 1 is 1.04 bits per heavy atom. The predicted molar refractivity (Wildman–Crippen MR) is 103 cm³/mol. The summed E-state index contributed by atoms with van der Waals surface area (Å²) in [5.74, 6) is 0.779. The van der Waals surface area contributed by atoms with Crippen molar-refractivity contribution in [2.75, 3.05) is 39.2 Å². The molecule has 2 N–H and O–H groups in total. The van der Waals surface area contributed by atoms with Crippen molar-refractivity contribution in [3.63, 3.8) is 0 Å². The molecule has 1 rings (SSSR count). The number of benzene rings is 1. The Morgan fingerprint density at radius 2 is 1.73 bits per heavy atom. The first-order valence-electron chi connectivity index (χ1n) is 9.57. The highest BCUT2D eigenvalue weighted by Crippen LogP contribution is 2.18. The van der Waals surface area contributed by atoms with E-state index in [4.69, 9.17) is 9.47 Å². The van der Waals surface area contributed by atoms with Crippen molar-refractivity contribution in [3.05, 3.63) is 24.3 Å². The minimum absolute atomic E-state index is 0. The van der Waals surface area contributed by atoms with E-state index in [1.165, 1.54) is 43.4 Å². The molecule has 0 aliphatic carbocycles. The van der Waals surface area contributed by atoms with Gasteiger partial charge in [-0.1, -0.05) is 51.5 Å². The van der Waals surface area contributed by atoms with Crippen LogP contribution in [-0.2, 0) is 4.74 Å². The molecule has 5 nitrogen and oxygen atoms in total. The van der Waals surface area contributed by atoms with Crippen molar-refractivity contribution in [3.8, 4) is 5.75 Å². The maximum absolute atomic E-state index is 11.7. The zero-order valence-corrected chi connectivity index (χ0v) is 17.2. The molecular weight excluding hydrogens is 352 g/mol. The van der Waals surface area contributed by atoms with Gasteiger partial charge in [0, 0.05) is 11.8 Å². The number of rotatable bonds is 13. The van der Waals surface area contributed by atoms with Gasteiger partial charge >= 0.3 is 6.09 Å². The van der Waals surface area contributed by atoms with Crippen LogP contribution in [0.3, 0.4) is 0 Å². The third kappa shape index (κ3) is 12.8. The maximum Gasteiger partial charge on any atom is 0.411 e. The smallest absolute Gasteiger partial charge is 0.411 e. The van der Waals surface area contributed by atoms with Crippen molar-refractivity contribution >= 4 is 11.8 Å². The molecule has 1 aromatic rings. The van der Waals surface area contributed by atoms with E-state index in [0.717, 1.165) is 18.7 Å². The predicted octanol–water partition coefficient (Wildman–Crippen LogP) is 0.513. The number of anilines is 1. The van der Waals surface area contributed by atoms with Gasteiger partial charge in [0.1, 0.15) is 18.9 Å². The number of likely N-dealkylation sites (N-methyl/N-ethyl adjacent to an activating group) is 1. The van der Waals surface area contributed by atoms with Gasteiger partial charge in [-0.15, -0.1) is 0 Å². The van der Waals surface area contributed by atoms with Crippen LogP contribution in [-0.4, -0.2) is 39.9 Å². The summed E-state index contributed by atoms with van der Waals surface area (Å²) in [7, 11) is 4.04. The topological polar surface area (TPSA) is 52.0 Å². The number of ether oxygens (including phenoxy) is 2. The van der Waals surface area contributed by atoms with Crippen LogP contribution in [0.15, 0.2) is 24.3 Å². The molecule has 0 bridgehead atoms. The summed E-state index contributed by atoms with van der Waals surface area (Å²) >= 11 is 0. The van der Waals surface area contributed by atoms with E-state index in [-0.39, 0.29) is 12.4 Å². The molecule has 0 saturated carbocycles. The van der Waals surface area contributed by atoms with Gasteiger partial charge in [0.05, 0.1) is 20.7 Å². The third-order valence-electron chi connectivity index (χ3n) is 3.93. The fraction of sp³-hybridized carbons (Fsp3) is 0.650. The lowest BCUT2D eigenvalue weighted by molar-refractivity contribution is -0.858. The molecule has 0 fully saturated rings. The highest BCUT2D eigenvalue weighted by molar-refractivity contribution is 5.84. The van der Waals surface area contributed by atoms with Crippen LogP contribution >= 0.6 is 0 Å². The number of hydrogen-bond acceptors (Lipinski definition) is 3. The summed E-state index contributed by atoms with van der Waals surface area (Å²) in [5.41, 5.74) is 0.694. The summed E-state index contributed by atoms with van der Waals surface area (Å²) in [6.07, 6.45) is 8.44. The first-order chi connectivity index (χ1) is 12.1. The van der Waals surface area contributed by atoms with Crippen LogP contribution in [0.25, 0.3) is 0 Å². The molecule has 0 spiro atoms. The molecule has 150 valence electrons. The van der Waals surface area contributed by atoms with Gasteiger partial charge in [-0.05, 0) is 18.6 Å². The molecule has 0 heterocycles. The van der Waals surface area contributed by atoms with Crippen LogP contribution in [0.1, 0.15) is 51.9 Å². The molecule has 26 heavy (non-hydrogen) atoms. The highest BCUT2D eigenvalue weighted by atomic mass is 35.5. The average molecular weight is 387 g/mol. The van der Waals surface area contributed by atoms with Crippen LogP contribution in [0.2, 0.25) is 0 Å². The number of amides is 1. The second-order valence-electron chi connectivity index (χ2n) is 6.72. The molecule has 0 aliphatic rings. The van der Waals surface area contributed by atoms with E-state index in [1.807, 2.05) is 38.4 Å². The molecule has 0 unspecified atom stereocenters. The monoisotopic (exact) mass is 386 g/mol. The van der Waals surface area contributed by atoms with E-state index in [9.17, 15) is 4.79 Å². The number of quaternary nitrogens is 1. The van der Waals surface area contributed by atoms with Crippen molar-refractivity contribution in [1.29, 1.82) is 0 Å². The number of unbranched alkanes of at least 4 members (excludes halogenated alkanes) is 6. The lowest BCUT2D eigenvalue weighted by Crippen LogP contribution is -3.06. The zero-order chi connectivity index (χ0) is 18.3. The number of carbonyl (C=O) groups is 1. The summed E-state index contributed by atoms with van der Waals surface area (Å²) in [4.78, 5) is 13.0. The Kier molecular flexibility index (Phi) is 14.9. The zero-order valence-electron chi connectivity index (χ0n) is 16.5. The normalized spacial score (nSPS) is 10.3. The number of carbonyl (C=O) groups excluding carboxylic acids is 1. The Bertz CT molecular complexity index is 484. The first-order valence-corrected chi connectivity index (χ1v) is 9.57. The van der Waals surface area contributed by atoms with Gasteiger partial charge in [0.25, 0.3) is 0 Å². The van der Waals surface area contributed by atoms with Gasteiger partial charge in [-0.2, -0.15) is 0 Å². The van der Waals surface area contributed by atoms with E-state index in [2.05, 4.69) is 12.2 Å². The molecule has 0 saturated heterocycles. The molecule has 0 radical (unpaired) electrons. The van der Waals surface area contributed by atoms with Crippen LogP contribution in [0, 0.1) is 0 Å². The van der Waals surface area contributed by atoms with Gasteiger partial charge < -0.3 is 26.8 Å². The second kappa shape index (κ2) is 15.8. The van der Waals surface area contributed by atoms with Crippen LogP contribution in [0.5, 0.6) is 5.75 Å². The van der Waals surface area contributed by atoms with Gasteiger partial charge in [-0.3, -0.25) is 5.32 Å². The summed E-state index contributed by atoms with van der Waals surface area (Å²) in [6.45, 7) is 4.15. The maximum atomic E-state index is 11.7. The van der Waals surface area contributed by atoms with E-state index in [0.29, 0.717) is 18.9 Å². The van der Waals surface area contributed by atoms with E-state index in [1.54, 1.807) is 0 Å². The minimum atomic E-state index is -0.425. The Morgan fingerprint density at radius 3 is 2.42 bits per heavy atom. The van der Waals surface area contributed by atoms with Gasteiger partial charge in [-0.25, -0.2) is 4.79 Å². The van der Waals surface area contributed by atoms with E-state index >= 15 is 0 Å². The lowest BCUT2D eigenvalue weighted by atomic mass is 10.1. The SMILES string of the molecule is CCCCCCCCCOc1cccc(NC(=O)OCC[NH+](C)C)c1.[Cl-]. The highest BCUT2D eigenvalue weighted by Gasteiger charge is 2.05. The summed E-state index contributed by atoms with van der Waals surface area (Å²) in [6, 6.07) is 7.45. The standard InChI is InChI=1S/C20H34N2O3.ClH/c1-4-5-6-7-8-9-10-15-24-19-13-11-12-18(17-19)21-20(23)25-16-14-22(2)3;/h11-13,17H,4-10,14-16H2,1-3H3,(H,21,23);1H. The van der Waals surface area contributed by atoms with Gasteiger partial charge in [0.15, 0.2) is 0 Å². The van der Waals surface area contributed by atoms with Crippen molar-refractivity contribution < 1.29 is 31.6 Å². The second-order valence-corrected chi connectivity index (χ2v) is 6.72. The number of halogens is 1. The molecule has 1 amide bonds. The number of nitrogens with one attached hydrogen (secondary N) is 2. The van der Waals surface area contributed by atoms with Crippen molar-refractivity contribution in [1.82, 2.24) is 0 Å². The summed E-state index contributed by atoms with van der Waals surface area (Å²) in [5, 5.41) is 2.74. The van der Waals surface area contributed by atoms with Crippen LogP contribution < -0.4 is 27.4 Å². The Hall–Kier alpha value is -1.46. The minimum Gasteiger partial charge on any atom is -1.00 e.